The fourth-order valence-corrected chi connectivity index (χ4v) is 2.81. The largest absolute Gasteiger partial charge is 0.411 e. The molecule has 2 aromatic carbocycles. The molecule has 0 atom stereocenters. The molecule has 1 N–H and O–H groups in total. The van der Waals surface area contributed by atoms with Gasteiger partial charge >= 0.3 is 0 Å². The zero-order valence-corrected chi connectivity index (χ0v) is 16.4. The molecule has 30 heavy (non-hydrogen) atoms. The first-order chi connectivity index (χ1) is 14.6. The number of oxime groups is 2. The topological polar surface area (TPSA) is 93.1 Å². The number of halogens is 3. The Labute approximate surface area is 175 Å². The van der Waals surface area contributed by atoms with Crippen LogP contribution in [0.2, 0.25) is 5.02 Å². The summed E-state index contributed by atoms with van der Waals surface area (Å²) in [6.07, 6.45) is 2.63. The quantitative estimate of drug-likeness (QED) is 0.233. The Morgan fingerprint density at radius 2 is 1.97 bits per heavy atom. The Balaban J connectivity index is 1.52. The average Bonchev–Trinajstić information content (AvgIpc) is 3.21. The first-order valence-electron chi connectivity index (χ1n) is 8.94. The first kappa shape index (κ1) is 21.4. The van der Waals surface area contributed by atoms with Crippen LogP contribution in [0, 0.1) is 11.6 Å². The van der Waals surface area contributed by atoms with Crippen LogP contribution in [0.1, 0.15) is 28.9 Å². The van der Waals surface area contributed by atoms with Crippen molar-refractivity contribution in [3.8, 4) is 0 Å². The second-order valence-corrected chi connectivity index (χ2v) is 6.66. The van der Waals surface area contributed by atoms with E-state index in [1.165, 1.54) is 36.5 Å². The molecule has 3 rings (SSSR count). The van der Waals surface area contributed by atoms with Crippen LogP contribution in [-0.2, 0) is 17.7 Å². The SMILES string of the molecule is O/N=C(\Cc1ccc(F)c(Cl)c1)c1nonc1CCCO/N=C\c1ccc(F)cc1. The average molecular weight is 435 g/mol. The van der Waals surface area contributed by atoms with Crippen molar-refractivity contribution in [3.05, 3.63) is 81.6 Å². The van der Waals surface area contributed by atoms with Gasteiger partial charge in [0, 0.05) is 6.42 Å². The maximum Gasteiger partial charge on any atom is 0.156 e. The Hall–Kier alpha value is -3.33. The van der Waals surface area contributed by atoms with Gasteiger partial charge in [-0.2, -0.15) is 0 Å². The van der Waals surface area contributed by atoms with Crippen molar-refractivity contribution in [2.75, 3.05) is 6.61 Å². The Bertz CT molecular complexity index is 1040. The molecule has 10 heteroatoms. The third-order valence-corrected chi connectivity index (χ3v) is 4.39. The second kappa shape index (κ2) is 10.4. The van der Waals surface area contributed by atoms with Gasteiger partial charge in [-0.3, -0.25) is 0 Å². The third kappa shape index (κ3) is 5.84. The number of nitrogens with zero attached hydrogens (tertiary/aromatic N) is 4. The molecule has 156 valence electrons. The molecule has 0 fully saturated rings. The molecular formula is C20H17ClF2N4O3. The molecule has 0 saturated carbocycles. The standard InChI is InChI=1S/C20H17ClF2N4O3/c21-16-10-14(5-8-17(16)23)11-19(25-28)20-18(26-30-27-20)2-1-9-29-24-12-13-3-6-15(22)7-4-13/h3-8,10,12,28H,1-2,9,11H2/b24-12-,25-19+. The molecular weight excluding hydrogens is 418 g/mol. The fourth-order valence-electron chi connectivity index (χ4n) is 2.60. The minimum atomic E-state index is -0.534. The number of hydrogen-bond acceptors (Lipinski definition) is 7. The minimum absolute atomic E-state index is 0.0263. The molecule has 0 spiro atoms. The van der Waals surface area contributed by atoms with E-state index in [0.717, 1.165) is 0 Å². The summed E-state index contributed by atoms with van der Waals surface area (Å²) < 4.78 is 30.9. The van der Waals surface area contributed by atoms with Crippen LogP contribution in [0.4, 0.5) is 8.78 Å². The number of hydrogen-bond donors (Lipinski definition) is 1. The predicted octanol–water partition coefficient (Wildman–Crippen LogP) is 4.41. The summed E-state index contributed by atoms with van der Waals surface area (Å²) in [6, 6.07) is 10.0. The van der Waals surface area contributed by atoms with E-state index >= 15 is 0 Å². The molecule has 7 nitrogen and oxygen atoms in total. The van der Waals surface area contributed by atoms with Crippen molar-refractivity contribution in [2.45, 2.75) is 19.3 Å². The maximum absolute atomic E-state index is 13.3. The fraction of sp³-hybridized carbons (Fsp3) is 0.200. The van der Waals surface area contributed by atoms with Crippen LogP contribution in [0.3, 0.4) is 0 Å². The van der Waals surface area contributed by atoms with Crippen LogP contribution in [0.5, 0.6) is 0 Å². The lowest BCUT2D eigenvalue weighted by atomic mass is 10.0. The van der Waals surface area contributed by atoms with Crippen LogP contribution in [0.15, 0.2) is 57.4 Å². The summed E-state index contributed by atoms with van der Waals surface area (Å²) in [5.74, 6) is -0.854. The smallest absolute Gasteiger partial charge is 0.156 e. The van der Waals surface area contributed by atoms with Gasteiger partial charge in [0.05, 0.1) is 11.2 Å². The van der Waals surface area contributed by atoms with Gasteiger partial charge in [0.15, 0.2) is 5.69 Å². The first-order valence-corrected chi connectivity index (χ1v) is 9.32. The van der Waals surface area contributed by atoms with E-state index in [-0.39, 0.29) is 23.0 Å². The zero-order chi connectivity index (χ0) is 21.3. The maximum atomic E-state index is 13.3. The van der Waals surface area contributed by atoms with E-state index in [9.17, 15) is 14.0 Å². The third-order valence-electron chi connectivity index (χ3n) is 4.10. The highest BCUT2D eigenvalue weighted by Gasteiger charge is 2.18. The Morgan fingerprint density at radius 1 is 1.17 bits per heavy atom. The molecule has 0 amide bonds. The van der Waals surface area contributed by atoms with Crippen LogP contribution < -0.4 is 0 Å². The van der Waals surface area contributed by atoms with Crippen molar-refractivity contribution in [3.63, 3.8) is 0 Å². The summed E-state index contributed by atoms with van der Waals surface area (Å²) in [5, 5.41) is 24.1. The molecule has 3 aromatic rings. The van der Waals surface area contributed by atoms with Crippen LogP contribution >= 0.6 is 11.6 Å². The van der Waals surface area contributed by atoms with Gasteiger partial charge in [0.2, 0.25) is 0 Å². The van der Waals surface area contributed by atoms with Gasteiger partial charge in [-0.05, 0) is 53.4 Å². The number of aryl methyl sites for hydroxylation is 1. The molecule has 0 unspecified atom stereocenters. The van der Waals surface area contributed by atoms with Crippen molar-refractivity contribution in [1.29, 1.82) is 0 Å². The van der Waals surface area contributed by atoms with Gasteiger partial charge in [-0.15, -0.1) is 0 Å². The van der Waals surface area contributed by atoms with Gasteiger partial charge in [-0.1, -0.05) is 45.3 Å². The minimum Gasteiger partial charge on any atom is -0.411 e. The van der Waals surface area contributed by atoms with Gasteiger partial charge < -0.3 is 10.0 Å². The lowest BCUT2D eigenvalue weighted by molar-refractivity contribution is 0.143. The molecule has 0 aliphatic carbocycles. The van der Waals surface area contributed by atoms with Gasteiger partial charge in [0.1, 0.15) is 29.6 Å². The Kier molecular flexibility index (Phi) is 7.45. The summed E-state index contributed by atoms with van der Waals surface area (Å²) >= 11 is 5.79. The molecule has 0 aliphatic heterocycles. The van der Waals surface area contributed by atoms with Crippen LogP contribution in [-0.4, -0.2) is 34.1 Å². The van der Waals surface area contributed by atoms with Crippen LogP contribution in [0.25, 0.3) is 0 Å². The summed E-state index contributed by atoms with van der Waals surface area (Å²) in [4.78, 5) is 5.18. The lowest BCUT2D eigenvalue weighted by Gasteiger charge is -2.04. The summed E-state index contributed by atoms with van der Waals surface area (Å²) in [7, 11) is 0. The van der Waals surface area contributed by atoms with Crippen molar-refractivity contribution in [1.82, 2.24) is 10.3 Å². The number of rotatable bonds is 9. The Morgan fingerprint density at radius 3 is 2.70 bits per heavy atom. The highest BCUT2D eigenvalue weighted by molar-refractivity contribution is 6.30. The highest BCUT2D eigenvalue weighted by atomic mass is 35.5. The summed E-state index contributed by atoms with van der Waals surface area (Å²) in [6.45, 7) is 0.295. The predicted molar refractivity (Wildman–Crippen MR) is 106 cm³/mol. The summed E-state index contributed by atoms with van der Waals surface area (Å²) in [5.41, 5.74) is 2.35. The normalized spacial score (nSPS) is 11.9. The zero-order valence-electron chi connectivity index (χ0n) is 15.6. The number of benzene rings is 2. The molecule has 0 bridgehead atoms. The molecule has 1 aromatic heterocycles. The van der Waals surface area contributed by atoms with E-state index in [2.05, 4.69) is 20.6 Å². The van der Waals surface area contributed by atoms with Gasteiger partial charge in [0.25, 0.3) is 0 Å². The van der Waals surface area contributed by atoms with E-state index in [1.54, 1.807) is 12.1 Å². The van der Waals surface area contributed by atoms with E-state index in [0.29, 0.717) is 42.0 Å². The number of aromatic nitrogens is 2. The van der Waals surface area contributed by atoms with E-state index in [4.69, 9.17) is 21.1 Å². The van der Waals surface area contributed by atoms with E-state index in [1.807, 2.05) is 0 Å². The molecule has 0 radical (unpaired) electrons. The molecule has 0 saturated heterocycles. The monoisotopic (exact) mass is 434 g/mol. The molecule has 1 heterocycles. The van der Waals surface area contributed by atoms with Crippen molar-refractivity contribution in [2.24, 2.45) is 10.3 Å². The highest BCUT2D eigenvalue weighted by Crippen LogP contribution is 2.18. The van der Waals surface area contributed by atoms with Gasteiger partial charge in [-0.25, -0.2) is 13.4 Å². The van der Waals surface area contributed by atoms with Crippen molar-refractivity contribution >= 4 is 23.5 Å². The molecule has 0 aliphatic rings. The lowest BCUT2D eigenvalue weighted by Crippen LogP contribution is -2.10. The second-order valence-electron chi connectivity index (χ2n) is 6.25. The van der Waals surface area contributed by atoms with E-state index < -0.39 is 5.82 Å². The van der Waals surface area contributed by atoms with Crippen molar-refractivity contribution < 1.29 is 23.5 Å².